The molecule has 0 atom stereocenters. The molecule has 0 aliphatic carbocycles. The van der Waals surface area contributed by atoms with Gasteiger partial charge in [0.1, 0.15) is 0 Å². The minimum atomic E-state index is 0.122. The Labute approximate surface area is 86.2 Å². The molecular formula is C11H9NOS. The Morgan fingerprint density at radius 2 is 2.36 bits per heavy atom. The zero-order chi connectivity index (χ0) is 9.80. The van der Waals surface area contributed by atoms with E-state index in [0.29, 0.717) is 12.0 Å². The first-order valence-corrected chi connectivity index (χ1v) is 5.25. The molecule has 0 unspecified atom stereocenters. The molecule has 2 aromatic heterocycles. The van der Waals surface area contributed by atoms with E-state index in [1.54, 1.807) is 35.9 Å². The molecule has 0 radical (unpaired) electrons. The summed E-state index contributed by atoms with van der Waals surface area (Å²) >= 11 is 1.61. The molecule has 2 aromatic rings. The van der Waals surface area contributed by atoms with Crippen LogP contribution in [0.15, 0.2) is 41.4 Å². The Hall–Kier alpha value is -1.48. The van der Waals surface area contributed by atoms with Gasteiger partial charge in [0, 0.05) is 24.4 Å². The molecule has 0 aliphatic heterocycles. The second-order valence-corrected chi connectivity index (χ2v) is 3.75. The highest BCUT2D eigenvalue weighted by Gasteiger charge is 2.06. The van der Waals surface area contributed by atoms with Gasteiger partial charge < -0.3 is 0 Å². The van der Waals surface area contributed by atoms with E-state index in [1.165, 1.54) is 0 Å². The predicted octanol–water partition coefficient (Wildman–Crippen LogP) is 2.57. The van der Waals surface area contributed by atoms with Crippen LogP contribution in [-0.4, -0.2) is 10.8 Å². The molecular weight excluding hydrogens is 194 g/mol. The van der Waals surface area contributed by atoms with Gasteiger partial charge in [-0.05, 0) is 34.5 Å². The summed E-state index contributed by atoms with van der Waals surface area (Å²) in [7, 11) is 0. The van der Waals surface area contributed by atoms with Gasteiger partial charge in [-0.25, -0.2) is 0 Å². The fourth-order valence-electron chi connectivity index (χ4n) is 1.21. The molecule has 0 amide bonds. The maximum atomic E-state index is 11.7. The van der Waals surface area contributed by atoms with Gasteiger partial charge in [0.05, 0.1) is 0 Å². The number of rotatable bonds is 3. The van der Waals surface area contributed by atoms with Crippen molar-refractivity contribution in [1.82, 2.24) is 4.98 Å². The lowest BCUT2D eigenvalue weighted by Gasteiger charge is -1.97. The first kappa shape index (κ1) is 9.09. The molecule has 0 saturated heterocycles. The number of carbonyl (C=O) groups is 1. The Morgan fingerprint density at radius 1 is 1.43 bits per heavy atom. The van der Waals surface area contributed by atoms with Gasteiger partial charge in [0.25, 0.3) is 0 Å². The summed E-state index contributed by atoms with van der Waals surface area (Å²) in [6.45, 7) is 0. The number of carbonyl (C=O) groups excluding carboxylic acids is 1. The summed E-state index contributed by atoms with van der Waals surface area (Å²) in [6, 6.07) is 5.54. The van der Waals surface area contributed by atoms with Crippen LogP contribution in [0.3, 0.4) is 0 Å². The molecule has 70 valence electrons. The third-order valence-corrected chi connectivity index (χ3v) is 2.66. The van der Waals surface area contributed by atoms with E-state index in [4.69, 9.17) is 0 Å². The highest BCUT2D eigenvalue weighted by molar-refractivity contribution is 7.08. The standard InChI is InChI=1S/C11H9NOS/c13-11(6-9-3-5-14-8-9)10-2-1-4-12-7-10/h1-5,7-8H,6H2. The van der Waals surface area contributed by atoms with Gasteiger partial charge in [0.2, 0.25) is 0 Å². The maximum Gasteiger partial charge on any atom is 0.168 e. The molecule has 0 bridgehead atoms. The van der Waals surface area contributed by atoms with Gasteiger partial charge in [-0.1, -0.05) is 0 Å². The van der Waals surface area contributed by atoms with Crippen LogP contribution >= 0.6 is 11.3 Å². The Balaban J connectivity index is 2.11. The predicted molar refractivity (Wildman–Crippen MR) is 56.6 cm³/mol. The SMILES string of the molecule is O=C(Cc1ccsc1)c1cccnc1. The topological polar surface area (TPSA) is 30.0 Å². The molecule has 2 nitrogen and oxygen atoms in total. The minimum Gasteiger partial charge on any atom is -0.294 e. The minimum absolute atomic E-state index is 0.122. The van der Waals surface area contributed by atoms with Gasteiger partial charge in [-0.3, -0.25) is 9.78 Å². The summed E-state index contributed by atoms with van der Waals surface area (Å²) in [5, 5.41) is 3.97. The summed E-state index contributed by atoms with van der Waals surface area (Å²) in [5.74, 6) is 0.122. The molecule has 2 rings (SSSR count). The zero-order valence-corrected chi connectivity index (χ0v) is 8.33. The van der Waals surface area contributed by atoms with Crippen LogP contribution in [0.5, 0.6) is 0 Å². The zero-order valence-electron chi connectivity index (χ0n) is 7.51. The normalized spacial score (nSPS) is 10.0. The first-order chi connectivity index (χ1) is 6.86. The van der Waals surface area contributed by atoms with Crippen LogP contribution in [0.2, 0.25) is 0 Å². The van der Waals surface area contributed by atoms with Crippen molar-refractivity contribution in [2.75, 3.05) is 0 Å². The average molecular weight is 203 g/mol. The maximum absolute atomic E-state index is 11.7. The molecule has 0 fully saturated rings. The number of hydrogen-bond acceptors (Lipinski definition) is 3. The van der Waals surface area contributed by atoms with Gasteiger partial charge in [-0.15, -0.1) is 0 Å². The fourth-order valence-corrected chi connectivity index (χ4v) is 1.88. The average Bonchev–Trinajstić information content (AvgIpc) is 2.72. The van der Waals surface area contributed by atoms with Crippen LogP contribution in [0.25, 0.3) is 0 Å². The van der Waals surface area contributed by atoms with Crippen LogP contribution in [0.1, 0.15) is 15.9 Å². The number of pyridine rings is 1. The van der Waals surface area contributed by atoms with Gasteiger partial charge >= 0.3 is 0 Å². The van der Waals surface area contributed by atoms with Gasteiger partial charge in [-0.2, -0.15) is 11.3 Å². The third-order valence-electron chi connectivity index (χ3n) is 1.93. The van der Waals surface area contributed by atoms with E-state index in [-0.39, 0.29) is 5.78 Å². The van der Waals surface area contributed by atoms with Crippen molar-refractivity contribution in [1.29, 1.82) is 0 Å². The van der Waals surface area contributed by atoms with Crippen molar-refractivity contribution >= 4 is 17.1 Å². The number of ketones is 1. The van der Waals surface area contributed by atoms with Crippen molar-refractivity contribution in [3.8, 4) is 0 Å². The van der Waals surface area contributed by atoms with Crippen molar-refractivity contribution in [3.63, 3.8) is 0 Å². The second-order valence-electron chi connectivity index (χ2n) is 2.97. The lowest BCUT2D eigenvalue weighted by molar-refractivity contribution is 0.0993. The number of thiophene rings is 1. The van der Waals surface area contributed by atoms with Crippen molar-refractivity contribution in [3.05, 3.63) is 52.5 Å². The highest BCUT2D eigenvalue weighted by Crippen LogP contribution is 2.09. The quantitative estimate of drug-likeness (QED) is 0.717. The van der Waals surface area contributed by atoms with Crippen LogP contribution in [-0.2, 0) is 6.42 Å². The van der Waals surface area contributed by atoms with Crippen LogP contribution in [0, 0.1) is 0 Å². The smallest absolute Gasteiger partial charge is 0.168 e. The highest BCUT2D eigenvalue weighted by atomic mass is 32.1. The van der Waals surface area contributed by atoms with Crippen molar-refractivity contribution in [2.45, 2.75) is 6.42 Å². The summed E-state index contributed by atoms with van der Waals surface area (Å²) in [4.78, 5) is 15.6. The van der Waals surface area contributed by atoms with Crippen LogP contribution in [0.4, 0.5) is 0 Å². The number of hydrogen-bond donors (Lipinski definition) is 0. The van der Waals surface area contributed by atoms with Gasteiger partial charge in [0.15, 0.2) is 5.78 Å². The molecule has 14 heavy (non-hydrogen) atoms. The van der Waals surface area contributed by atoms with Crippen molar-refractivity contribution < 1.29 is 4.79 Å². The Kier molecular flexibility index (Phi) is 2.70. The second kappa shape index (κ2) is 4.15. The van der Waals surface area contributed by atoms with Crippen molar-refractivity contribution in [2.24, 2.45) is 0 Å². The molecule has 0 aromatic carbocycles. The number of aromatic nitrogens is 1. The lowest BCUT2D eigenvalue weighted by Crippen LogP contribution is -2.02. The monoisotopic (exact) mass is 203 g/mol. The van der Waals surface area contributed by atoms with E-state index in [1.807, 2.05) is 16.8 Å². The molecule has 0 saturated carbocycles. The van der Waals surface area contributed by atoms with Crippen LogP contribution < -0.4 is 0 Å². The number of nitrogens with zero attached hydrogens (tertiary/aromatic N) is 1. The molecule has 0 aliphatic rings. The van der Waals surface area contributed by atoms with E-state index >= 15 is 0 Å². The Bertz CT molecular complexity index is 408. The summed E-state index contributed by atoms with van der Waals surface area (Å²) < 4.78 is 0. The molecule has 2 heterocycles. The Morgan fingerprint density at radius 3 is 3.00 bits per heavy atom. The summed E-state index contributed by atoms with van der Waals surface area (Å²) in [5.41, 5.74) is 1.75. The largest absolute Gasteiger partial charge is 0.294 e. The molecule has 0 spiro atoms. The third kappa shape index (κ3) is 2.06. The van der Waals surface area contributed by atoms with E-state index in [2.05, 4.69) is 4.98 Å². The lowest BCUT2D eigenvalue weighted by atomic mass is 10.1. The number of Topliss-reactive ketones (excluding diaryl/α,β-unsaturated/α-hetero) is 1. The van der Waals surface area contributed by atoms with E-state index in [0.717, 1.165) is 5.56 Å². The molecule has 0 N–H and O–H groups in total. The molecule has 3 heteroatoms. The van der Waals surface area contributed by atoms with E-state index in [9.17, 15) is 4.79 Å². The van der Waals surface area contributed by atoms with E-state index < -0.39 is 0 Å². The first-order valence-electron chi connectivity index (χ1n) is 4.30. The fraction of sp³-hybridized carbons (Fsp3) is 0.0909. The summed E-state index contributed by atoms with van der Waals surface area (Å²) in [6.07, 6.45) is 3.74.